The van der Waals surface area contributed by atoms with Crippen LogP contribution in [0.5, 0.6) is 5.75 Å². The molecule has 35 heavy (non-hydrogen) atoms. The van der Waals surface area contributed by atoms with Crippen LogP contribution in [0.15, 0.2) is 36.4 Å². The monoisotopic (exact) mass is 563 g/mol. The molecule has 0 radical (unpaired) electrons. The Kier molecular flexibility index (Phi) is 10.5. The number of rotatable bonds is 11. The molecule has 0 saturated carbocycles. The number of anilines is 1. The molecule has 2 aromatic rings. The maximum Gasteiger partial charge on any atom is 0.244 e. The Morgan fingerprint density at radius 3 is 2.34 bits per heavy atom. The number of carbonyl (C=O) groups excluding carboxylic acids is 2. The number of nitrogens with zero attached hydrogens (tertiary/aromatic N) is 2. The lowest BCUT2D eigenvalue weighted by molar-refractivity contribution is -0.139. The molecule has 0 fully saturated rings. The fraction of sp³-hybridized carbons (Fsp3) is 0.391. The van der Waals surface area contributed by atoms with Crippen LogP contribution < -0.4 is 14.4 Å². The molecule has 1 N–H and O–H groups in total. The van der Waals surface area contributed by atoms with Gasteiger partial charge in [-0.15, -0.1) is 0 Å². The third-order valence-corrected chi connectivity index (χ3v) is 7.24. The van der Waals surface area contributed by atoms with Crippen molar-refractivity contribution in [1.82, 2.24) is 10.2 Å². The highest BCUT2D eigenvalue weighted by molar-refractivity contribution is 7.92. The van der Waals surface area contributed by atoms with Gasteiger partial charge in [-0.1, -0.05) is 47.8 Å². The van der Waals surface area contributed by atoms with Crippen molar-refractivity contribution in [2.45, 2.75) is 32.9 Å². The van der Waals surface area contributed by atoms with Crippen LogP contribution >= 0.6 is 34.8 Å². The molecule has 0 bridgehead atoms. The molecule has 0 aliphatic heterocycles. The average molecular weight is 565 g/mol. The van der Waals surface area contributed by atoms with E-state index in [9.17, 15) is 18.0 Å². The molecule has 1 atom stereocenters. The van der Waals surface area contributed by atoms with Crippen LogP contribution in [0.1, 0.15) is 25.8 Å². The van der Waals surface area contributed by atoms with Crippen molar-refractivity contribution in [2.24, 2.45) is 0 Å². The molecule has 0 aromatic heterocycles. The highest BCUT2D eigenvalue weighted by Crippen LogP contribution is 2.33. The number of halogens is 3. The third-order valence-electron chi connectivity index (χ3n) is 5.14. The lowest BCUT2D eigenvalue weighted by atomic mass is 10.1. The first-order valence-electron chi connectivity index (χ1n) is 10.7. The third kappa shape index (κ3) is 7.90. The summed E-state index contributed by atoms with van der Waals surface area (Å²) < 4.78 is 31.6. The fourth-order valence-electron chi connectivity index (χ4n) is 3.27. The van der Waals surface area contributed by atoms with Crippen molar-refractivity contribution >= 4 is 62.3 Å². The summed E-state index contributed by atoms with van der Waals surface area (Å²) in [6.45, 7) is 3.34. The molecule has 8 nitrogen and oxygen atoms in total. The van der Waals surface area contributed by atoms with E-state index in [1.54, 1.807) is 31.2 Å². The highest BCUT2D eigenvalue weighted by atomic mass is 35.5. The van der Waals surface area contributed by atoms with Crippen molar-refractivity contribution in [3.63, 3.8) is 0 Å². The van der Waals surface area contributed by atoms with Gasteiger partial charge in [0.1, 0.15) is 18.3 Å². The molecule has 0 unspecified atom stereocenters. The summed E-state index contributed by atoms with van der Waals surface area (Å²) in [6, 6.07) is 8.41. The lowest BCUT2D eigenvalue weighted by Crippen LogP contribution is -2.51. The van der Waals surface area contributed by atoms with E-state index in [0.717, 1.165) is 17.0 Å². The van der Waals surface area contributed by atoms with E-state index in [-0.39, 0.29) is 28.9 Å². The van der Waals surface area contributed by atoms with Gasteiger partial charge in [-0.3, -0.25) is 13.9 Å². The summed E-state index contributed by atoms with van der Waals surface area (Å²) in [7, 11) is -2.55. The van der Waals surface area contributed by atoms with Gasteiger partial charge in [0.15, 0.2) is 0 Å². The van der Waals surface area contributed by atoms with Crippen LogP contribution in [0.2, 0.25) is 15.1 Å². The highest BCUT2D eigenvalue weighted by Gasteiger charge is 2.31. The minimum atomic E-state index is -3.93. The number of amides is 2. The zero-order valence-electron chi connectivity index (χ0n) is 19.8. The number of nitrogens with one attached hydrogen (secondary N) is 1. The van der Waals surface area contributed by atoms with E-state index in [1.165, 1.54) is 24.1 Å². The molecule has 0 heterocycles. The fourth-order valence-corrected chi connectivity index (χ4v) is 4.60. The molecule has 2 rings (SSSR count). The number of hydrogen-bond acceptors (Lipinski definition) is 5. The molecule has 0 aliphatic carbocycles. The van der Waals surface area contributed by atoms with Crippen LogP contribution in [-0.4, -0.2) is 57.6 Å². The second-order valence-corrected chi connectivity index (χ2v) is 11.0. The molecule has 0 saturated heterocycles. The van der Waals surface area contributed by atoms with Crippen molar-refractivity contribution in [3.05, 3.63) is 57.0 Å². The van der Waals surface area contributed by atoms with Gasteiger partial charge in [0, 0.05) is 18.1 Å². The summed E-state index contributed by atoms with van der Waals surface area (Å²) in [4.78, 5) is 27.6. The van der Waals surface area contributed by atoms with Gasteiger partial charge in [-0.25, -0.2) is 8.42 Å². The van der Waals surface area contributed by atoms with E-state index in [2.05, 4.69) is 5.32 Å². The smallest absolute Gasteiger partial charge is 0.244 e. The molecule has 0 spiro atoms. The summed E-state index contributed by atoms with van der Waals surface area (Å²) in [5.74, 6) is -0.758. The molecule has 2 amide bonds. The lowest BCUT2D eigenvalue weighted by Gasteiger charge is -2.32. The van der Waals surface area contributed by atoms with Gasteiger partial charge >= 0.3 is 0 Å². The van der Waals surface area contributed by atoms with Gasteiger partial charge in [-0.2, -0.15) is 0 Å². The molecular weight excluding hydrogens is 537 g/mol. The minimum absolute atomic E-state index is 0.000711. The standard InChI is InChI=1S/C23H28Cl3N3O5S/c1-5-10-27-23(31)15(2)28(13-16-6-8-18(25)19(26)11-16)22(30)14-29(35(4,32)33)20-12-17(24)7-9-21(20)34-3/h6-9,11-12,15H,5,10,13-14H2,1-4H3,(H,27,31)/t15-/m0/s1. The first kappa shape index (κ1) is 29.0. The number of hydrogen-bond donors (Lipinski definition) is 1. The Morgan fingerprint density at radius 2 is 1.77 bits per heavy atom. The van der Waals surface area contributed by atoms with Crippen LogP contribution in [-0.2, 0) is 26.2 Å². The van der Waals surface area contributed by atoms with Gasteiger partial charge < -0.3 is 15.0 Å². The van der Waals surface area contributed by atoms with Crippen LogP contribution in [0.25, 0.3) is 0 Å². The summed E-state index contributed by atoms with van der Waals surface area (Å²) in [5, 5.41) is 3.67. The number of benzene rings is 2. The minimum Gasteiger partial charge on any atom is -0.495 e. The van der Waals surface area contributed by atoms with Gasteiger partial charge in [0.25, 0.3) is 0 Å². The van der Waals surface area contributed by atoms with Crippen LogP contribution in [0.3, 0.4) is 0 Å². The first-order chi connectivity index (χ1) is 16.4. The summed E-state index contributed by atoms with van der Waals surface area (Å²) in [5.41, 5.74) is 0.725. The number of sulfonamides is 1. The van der Waals surface area contributed by atoms with E-state index < -0.39 is 28.5 Å². The SMILES string of the molecule is CCCNC(=O)[C@H](C)N(Cc1ccc(Cl)c(Cl)c1)C(=O)CN(c1cc(Cl)ccc1OC)S(C)(=O)=O. The van der Waals surface area contributed by atoms with Crippen molar-refractivity contribution in [1.29, 1.82) is 0 Å². The molecule has 192 valence electrons. The maximum atomic E-state index is 13.5. The van der Waals surface area contributed by atoms with Crippen molar-refractivity contribution in [2.75, 3.05) is 30.8 Å². The zero-order chi connectivity index (χ0) is 26.3. The molecule has 2 aromatic carbocycles. The van der Waals surface area contributed by atoms with Crippen LogP contribution in [0.4, 0.5) is 5.69 Å². The molecule has 0 aliphatic rings. The van der Waals surface area contributed by atoms with Gasteiger partial charge in [0.2, 0.25) is 21.8 Å². The van der Waals surface area contributed by atoms with E-state index in [0.29, 0.717) is 22.2 Å². The first-order valence-corrected chi connectivity index (χ1v) is 13.7. The van der Waals surface area contributed by atoms with Crippen molar-refractivity contribution < 1.29 is 22.7 Å². The predicted octanol–water partition coefficient (Wildman–Crippen LogP) is 4.36. The molecule has 12 heteroatoms. The largest absolute Gasteiger partial charge is 0.495 e. The Hall–Kier alpha value is -2.20. The number of ether oxygens (including phenoxy) is 1. The van der Waals surface area contributed by atoms with Crippen LogP contribution in [0, 0.1) is 0 Å². The Labute approximate surface area is 221 Å². The molecular formula is C23H28Cl3N3O5S. The normalized spacial score (nSPS) is 12.1. The maximum absolute atomic E-state index is 13.5. The van der Waals surface area contributed by atoms with Gasteiger partial charge in [0.05, 0.1) is 29.1 Å². The Morgan fingerprint density at radius 1 is 1.09 bits per heavy atom. The summed E-state index contributed by atoms with van der Waals surface area (Å²) in [6.07, 6.45) is 1.69. The zero-order valence-corrected chi connectivity index (χ0v) is 22.9. The number of methoxy groups -OCH3 is 1. The second kappa shape index (κ2) is 12.7. The van der Waals surface area contributed by atoms with Gasteiger partial charge in [-0.05, 0) is 49.2 Å². The van der Waals surface area contributed by atoms with E-state index >= 15 is 0 Å². The Balaban J connectivity index is 2.46. The Bertz CT molecular complexity index is 1180. The van der Waals surface area contributed by atoms with E-state index in [4.69, 9.17) is 39.5 Å². The predicted molar refractivity (Wildman–Crippen MR) is 140 cm³/mol. The second-order valence-electron chi connectivity index (χ2n) is 7.82. The van der Waals surface area contributed by atoms with E-state index in [1.807, 2.05) is 6.92 Å². The number of carbonyl (C=O) groups is 2. The quantitative estimate of drug-likeness (QED) is 0.437. The topological polar surface area (TPSA) is 96.0 Å². The van der Waals surface area contributed by atoms with Crippen molar-refractivity contribution in [3.8, 4) is 5.75 Å². The summed E-state index contributed by atoms with van der Waals surface area (Å²) >= 11 is 18.2. The average Bonchev–Trinajstić information content (AvgIpc) is 2.80.